The van der Waals surface area contributed by atoms with E-state index in [0.717, 1.165) is 30.1 Å². The predicted molar refractivity (Wildman–Crippen MR) is 141 cm³/mol. The first-order valence-electron chi connectivity index (χ1n) is 11.9. The molecule has 0 unspecified atom stereocenters. The Morgan fingerprint density at radius 3 is 2.51 bits per heavy atom. The number of aromatic nitrogens is 2. The van der Waals surface area contributed by atoms with E-state index in [4.69, 9.17) is 5.73 Å². The molecule has 3 heterocycles. The molecule has 11 nitrogen and oxygen atoms in total. The van der Waals surface area contributed by atoms with E-state index in [1.165, 1.54) is 33.5 Å². The maximum atomic E-state index is 13.4. The summed E-state index contributed by atoms with van der Waals surface area (Å²) in [6.07, 6.45) is 5.03. The van der Waals surface area contributed by atoms with Gasteiger partial charge in [0.2, 0.25) is 5.91 Å². The Kier molecular flexibility index (Phi) is 9.21. The summed E-state index contributed by atoms with van der Waals surface area (Å²) in [4.78, 5) is 65.7. The lowest BCUT2D eigenvalue weighted by atomic mass is 9.80. The van der Waals surface area contributed by atoms with Gasteiger partial charge in [-0.3, -0.25) is 29.1 Å². The zero-order chi connectivity index (χ0) is 26.0. The van der Waals surface area contributed by atoms with Crippen LogP contribution in [-0.4, -0.2) is 83.2 Å². The van der Waals surface area contributed by atoms with Crippen molar-refractivity contribution in [2.24, 2.45) is 11.7 Å². The van der Waals surface area contributed by atoms with Gasteiger partial charge in [0, 0.05) is 62.5 Å². The summed E-state index contributed by atoms with van der Waals surface area (Å²) < 4.78 is 0. The highest BCUT2D eigenvalue weighted by atomic mass is 35.5. The fourth-order valence-corrected chi connectivity index (χ4v) is 6.03. The Balaban J connectivity index is 0.00000380. The summed E-state index contributed by atoms with van der Waals surface area (Å²) in [5.41, 5.74) is 6.78. The van der Waals surface area contributed by atoms with Crippen LogP contribution in [0.25, 0.3) is 0 Å². The van der Waals surface area contributed by atoms with Gasteiger partial charge in [-0.15, -0.1) is 23.7 Å². The van der Waals surface area contributed by atoms with E-state index in [0.29, 0.717) is 30.0 Å². The Labute approximate surface area is 225 Å². The van der Waals surface area contributed by atoms with Crippen LogP contribution in [0.4, 0.5) is 5.69 Å². The van der Waals surface area contributed by atoms with Crippen molar-refractivity contribution in [2.75, 3.05) is 32.6 Å². The molecule has 0 radical (unpaired) electrons. The standard InChI is InChI=1S/C24H31N7O4S.ClH/c1-29(2)23(34)14-4-5-18(31(24(35)20(25)32)15-6-9-26-10-7-15)17(12-14)27-21(33)22-28-16-8-11-30(3)13-19(16)36-22;/h6-7,9-10,14,17-18H,4-5,8,11-13H2,1-3H3,(H2,25,32)(H,27,33);1H/t14-,17+,18-;/m0./s1. The maximum Gasteiger partial charge on any atom is 0.316 e. The number of fused-ring (bicyclic) bond motifs is 1. The molecule has 2 aliphatic rings. The third-order valence-electron chi connectivity index (χ3n) is 6.74. The van der Waals surface area contributed by atoms with Gasteiger partial charge in [0.1, 0.15) is 0 Å². The van der Waals surface area contributed by atoms with E-state index in [1.54, 1.807) is 26.2 Å². The molecule has 2 aromatic rings. The van der Waals surface area contributed by atoms with Gasteiger partial charge in [0.15, 0.2) is 5.01 Å². The van der Waals surface area contributed by atoms with Crippen LogP contribution in [-0.2, 0) is 27.3 Å². The van der Waals surface area contributed by atoms with E-state index in [2.05, 4.69) is 20.2 Å². The van der Waals surface area contributed by atoms with Gasteiger partial charge in [0.05, 0.1) is 17.8 Å². The van der Waals surface area contributed by atoms with Crippen LogP contribution in [0.1, 0.15) is 39.6 Å². The van der Waals surface area contributed by atoms with Crippen LogP contribution in [0, 0.1) is 5.92 Å². The number of hydrogen-bond donors (Lipinski definition) is 2. The Morgan fingerprint density at radius 1 is 1.16 bits per heavy atom. The number of likely N-dealkylation sites (N-methyl/N-ethyl adjacent to an activating group) is 1. The molecule has 1 aliphatic heterocycles. The van der Waals surface area contributed by atoms with Crippen molar-refractivity contribution in [3.8, 4) is 0 Å². The zero-order valence-electron chi connectivity index (χ0n) is 21.0. The van der Waals surface area contributed by atoms with Crippen LogP contribution in [0.2, 0.25) is 0 Å². The molecule has 13 heteroatoms. The first-order chi connectivity index (χ1) is 17.2. The number of nitrogens with one attached hydrogen (secondary N) is 1. The number of nitrogens with zero attached hydrogens (tertiary/aromatic N) is 5. The molecule has 0 aromatic carbocycles. The van der Waals surface area contributed by atoms with Crippen LogP contribution >= 0.6 is 23.7 Å². The summed E-state index contributed by atoms with van der Waals surface area (Å²) in [5, 5.41) is 3.39. The molecule has 0 saturated heterocycles. The van der Waals surface area contributed by atoms with Gasteiger partial charge in [-0.1, -0.05) is 0 Å². The van der Waals surface area contributed by atoms with Crippen LogP contribution in [0.3, 0.4) is 0 Å². The van der Waals surface area contributed by atoms with Gasteiger partial charge in [-0.2, -0.15) is 0 Å². The van der Waals surface area contributed by atoms with Crippen molar-refractivity contribution in [2.45, 2.75) is 44.3 Å². The monoisotopic (exact) mass is 549 g/mol. The molecule has 1 aliphatic carbocycles. The minimum absolute atomic E-state index is 0. The van der Waals surface area contributed by atoms with Crippen LogP contribution in [0.15, 0.2) is 24.5 Å². The van der Waals surface area contributed by atoms with Crippen molar-refractivity contribution < 1.29 is 19.2 Å². The SMILES string of the molecule is CN1CCc2nc(C(=O)N[C@@H]3C[C@@H](C(=O)N(C)C)CC[C@@H]3N(C(=O)C(N)=O)c3ccncc3)sc2C1.Cl. The third-order valence-corrected chi connectivity index (χ3v) is 7.82. The summed E-state index contributed by atoms with van der Waals surface area (Å²) in [6.45, 7) is 1.63. The normalized spacial score (nSPS) is 21.2. The Hall–Kier alpha value is -3.09. The smallest absolute Gasteiger partial charge is 0.316 e. The first kappa shape index (κ1) is 28.5. The molecular formula is C24H32ClN7O4S. The molecule has 1 fully saturated rings. The minimum Gasteiger partial charge on any atom is -0.361 e. The topological polar surface area (TPSA) is 142 Å². The highest BCUT2D eigenvalue weighted by Gasteiger charge is 2.42. The molecule has 1 saturated carbocycles. The second kappa shape index (κ2) is 12.0. The van der Waals surface area contributed by atoms with E-state index >= 15 is 0 Å². The van der Waals surface area contributed by atoms with Crippen LogP contribution in [0.5, 0.6) is 0 Å². The van der Waals surface area contributed by atoms with Gasteiger partial charge in [-0.25, -0.2) is 4.98 Å². The van der Waals surface area contributed by atoms with E-state index in [-0.39, 0.29) is 30.1 Å². The number of halogens is 1. The highest BCUT2D eigenvalue weighted by molar-refractivity contribution is 7.13. The molecule has 3 atom stereocenters. The molecular weight excluding hydrogens is 518 g/mol. The predicted octanol–water partition coefficient (Wildman–Crippen LogP) is 0.822. The first-order valence-corrected chi connectivity index (χ1v) is 12.7. The van der Waals surface area contributed by atoms with E-state index in [1.807, 2.05) is 7.05 Å². The van der Waals surface area contributed by atoms with E-state index in [9.17, 15) is 19.2 Å². The molecule has 4 rings (SSSR count). The number of thiazole rings is 1. The summed E-state index contributed by atoms with van der Waals surface area (Å²) in [5.74, 6) is -2.71. The highest BCUT2D eigenvalue weighted by Crippen LogP contribution is 2.33. The van der Waals surface area contributed by atoms with Crippen LogP contribution < -0.4 is 16.0 Å². The number of primary amides is 1. The number of amides is 4. The number of carbonyl (C=O) groups excluding carboxylic acids is 4. The number of carbonyl (C=O) groups is 4. The van der Waals surface area contributed by atoms with Gasteiger partial charge < -0.3 is 20.9 Å². The van der Waals surface area contributed by atoms with E-state index < -0.39 is 23.9 Å². The number of nitrogens with two attached hydrogens (primary N) is 1. The lowest BCUT2D eigenvalue weighted by Crippen LogP contribution is -2.59. The van der Waals surface area contributed by atoms with Gasteiger partial charge in [-0.05, 0) is 38.4 Å². The summed E-state index contributed by atoms with van der Waals surface area (Å²) in [6, 6.07) is 2.05. The van der Waals surface area contributed by atoms with Crippen molar-refractivity contribution in [1.82, 2.24) is 25.1 Å². The molecule has 3 N–H and O–H groups in total. The fourth-order valence-electron chi connectivity index (χ4n) is 4.94. The average molecular weight is 550 g/mol. The number of pyridine rings is 1. The number of anilines is 1. The zero-order valence-corrected chi connectivity index (χ0v) is 22.7. The second-order valence-corrected chi connectivity index (χ2v) is 10.6. The van der Waals surface area contributed by atoms with Crippen molar-refractivity contribution in [1.29, 1.82) is 0 Å². The molecule has 2 aromatic heterocycles. The van der Waals surface area contributed by atoms with Crippen molar-refractivity contribution >= 4 is 53.1 Å². The number of hydrogen-bond acceptors (Lipinski definition) is 8. The second-order valence-electron chi connectivity index (χ2n) is 9.51. The number of rotatable bonds is 5. The third kappa shape index (κ3) is 6.25. The lowest BCUT2D eigenvalue weighted by molar-refractivity contribution is -0.136. The quantitative estimate of drug-likeness (QED) is 0.526. The molecule has 0 bridgehead atoms. The summed E-state index contributed by atoms with van der Waals surface area (Å²) in [7, 11) is 5.42. The largest absolute Gasteiger partial charge is 0.361 e. The Morgan fingerprint density at radius 2 is 1.86 bits per heavy atom. The van der Waals surface area contributed by atoms with Crippen molar-refractivity contribution in [3.05, 3.63) is 40.1 Å². The minimum atomic E-state index is -1.10. The van der Waals surface area contributed by atoms with Crippen molar-refractivity contribution in [3.63, 3.8) is 0 Å². The Bertz CT molecular complexity index is 1160. The average Bonchev–Trinajstić information content (AvgIpc) is 3.28. The molecule has 0 spiro atoms. The summed E-state index contributed by atoms with van der Waals surface area (Å²) >= 11 is 1.36. The maximum absolute atomic E-state index is 13.4. The van der Waals surface area contributed by atoms with Gasteiger partial charge >= 0.3 is 11.8 Å². The lowest BCUT2D eigenvalue weighted by Gasteiger charge is -2.42. The molecule has 4 amide bonds. The van der Waals surface area contributed by atoms with Gasteiger partial charge in [0.25, 0.3) is 5.91 Å². The fraction of sp³-hybridized carbons (Fsp3) is 0.500. The molecule has 200 valence electrons. The molecule has 37 heavy (non-hydrogen) atoms.